The van der Waals surface area contributed by atoms with Crippen molar-refractivity contribution in [2.45, 2.75) is 26.3 Å². The highest BCUT2D eigenvalue weighted by Gasteiger charge is 2.22. The molecule has 1 atom stereocenters. The first-order chi connectivity index (χ1) is 15.4. The fraction of sp³-hybridized carbons (Fsp3) is 0.292. The van der Waals surface area contributed by atoms with E-state index in [9.17, 15) is 9.59 Å². The Morgan fingerprint density at radius 2 is 1.81 bits per heavy atom. The summed E-state index contributed by atoms with van der Waals surface area (Å²) in [5.41, 5.74) is 3.28. The lowest BCUT2D eigenvalue weighted by Crippen LogP contribution is -2.47. The summed E-state index contributed by atoms with van der Waals surface area (Å²) in [5, 5.41) is 16.9. The van der Waals surface area contributed by atoms with Gasteiger partial charge in [0.2, 0.25) is 5.91 Å². The summed E-state index contributed by atoms with van der Waals surface area (Å²) in [6, 6.07) is 12.4. The van der Waals surface area contributed by atoms with Crippen LogP contribution >= 0.6 is 11.3 Å². The fourth-order valence-electron chi connectivity index (χ4n) is 3.17. The number of benzene rings is 1. The lowest BCUT2D eigenvalue weighted by atomic mass is 10.0. The predicted octanol–water partition coefficient (Wildman–Crippen LogP) is 3.09. The average molecular weight is 449 g/mol. The number of nitrogens with one attached hydrogen (secondary N) is 2. The minimum Gasteiger partial charge on any atom is -0.341 e. The molecular formula is C24H26N5O2S+. The van der Waals surface area contributed by atoms with Gasteiger partial charge in [0.15, 0.2) is 12.4 Å². The lowest BCUT2D eigenvalue weighted by molar-refractivity contribution is -0.671. The highest BCUT2D eigenvalue weighted by molar-refractivity contribution is 7.13. The number of rotatable bonds is 8. The van der Waals surface area contributed by atoms with Crippen LogP contribution in [0.15, 0.2) is 54.2 Å². The molecule has 2 amide bonds. The number of carbonyl (C=O) groups is 2. The third-order valence-electron chi connectivity index (χ3n) is 4.84. The van der Waals surface area contributed by atoms with Crippen LogP contribution in [0.5, 0.6) is 0 Å². The van der Waals surface area contributed by atoms with Crippen molar-refractivity contribution < 1.29 is 14.2 Å². The summed E-state index contributed by atoms with van der Waals surface area (Å²) in [6.45, 7) is 3.86. The van der Waals surface area contributed by atoms with Crippen molar-refractivity contribution in [3.63, 3.8) is 0 Å². The van der Waals surface area contributed by atoms with Crippen molar-refractivity contribution in [1.29, 1.82) is 5.26 Å². The molecule has 1 aromatic carbocycles. The van der Waals surface area contributed by atoms with E-state index < -0.39 is 6.04 Å². The second-order valence-electron chi connectivity index (χ2n) is 7.90. The van der Waals surface area contributed by atoms with Gasteiger partial charge in [-0.15, -0.1) is 11.3 Å². The molecule has 0 saturated carbocycles. The maximum absolute atomic E-state index is 12.7. The number of hydrogen-bond donors (Lipinski definition) is 2. The Hall–Kier alpha value is -3.57. The average Bonchev–Trinajstić information content (AvgIpc) is 3.27. The zero-order chi connectivity index (χ0) is 23.1. The summed E-state index contributed by atoms with van der Waals surface area (Å²) in [4.78, 5) is 29.7. The number of aromatic nitrogens is 2. The SMILES string of the molecule is CC(C)C[C@H](NC(=O)c1ccc(-c2csc(-c3cc[n+](C)cc3)n2)cc1)C(=O)NCC#N. The molecule has 7 nitrogen and oxygen atoms in total. The largest absolute Gasteiger partial charge is 0.341 e. The Bertz CT molecular complexity index is 1110. The minimum atomic E-state index is -0.690. The molecule has 0 spiro atoms. The maximum Gasteiger partial charge on any atom is 0.251 e. The molecule has 32 heavy (non-hydrogen) atoms. The highest BCUT2D eigenvalue weighted by Crippen LogP contribution is 2.28. The predicted molar refractivity (Wildman–Crippen MR) is 123 cm³/mol. The van der Waals surface area contributed by atoms with Gasteiger partial charge in [0.1, 0.15) is 24.6 Å². The molecule has 2 N–H and O–H groups in total. The van der Waals surface area contributed by atoms with Crippen LogP contribution in [0.3, 0.4) is 0 Å². The Labute approximate surface area is 191 Å². The molecular weight excluding hydrogens is 422 g/mol. The normalized spacial score (nSPS) is 11.6. The zero-order valence-electron chi connectivity index (χ0n) is 18.3. The molecule has 0 unspecified atom stereocenters. The van der Waals surface area contributed by atoms with Gasteiger partial charge in [-0.25, -0.2) is 9.55 Å². The van der Waals surface area contributed by atoms with Crippen molar-refractivity contribution in [2.75, 3.05) is 6.54 Å². The van der Waals surface area contributed by atoms with Gasteiger partial charge in [-0.2, -0.15) is 5.26 Å². The van der Waals surface area contributed by atoms with E-state index in [1.807, 2.05) is 73.6 Å². The van der Waals surface area contributed by atoms with Gasteiger partial charge in [0, 0.05) is 34.2 Å². The van der Waals surface area contributed by atoms with E-state index in [4.69, 9.17) is 10.2 Å². The summed E-state index contributed by atoms with van der Waals surface area (Å²) >= 11 is 1.57. The second kappa shape index (κ2) is 10.6. The third kappa shape index (κ3) is 5.99. The zero-order valence-corrected chi connectivity index (χ0v) is 19.1. The van der Waals surface area contributed by atoms with Gasteiger partial charge < -0.3 is 10.6 Å². The molecule has 0 aliphatic heterocycles. The molecule has 164 valence electrons. The number of amides is 2. The third-order valence-corrected chi connectivity index (χ3v) is 5.73. The standard InChI is InChI=1S/C24H25N5O2S/c1-16(2)14-20(23(31)26-11-10-25)27-22(30)18-6-4-17(5-7-18)21-15-32-24(28-21)19-8-12-29(3)13-9-19/h4-9,12-13,15-16,20H,11,14H2,1-3H3,(H-,26,27,30,31)/p+1/t20-/m0/s1. The number of pyridine rings is 1. The number of thiazole rings is 1. The van der Waals surface area contributed by atoms with Crippen molar-refractivity contribution in [3.8, 4) is 27.9 Å². The molecule has 0 fully saturated rings. The van der Waals surface area contributed by atoms with Crippen LogP contribution in [0, 0.1) is 17.2 Å². The Morgan fingerprint density at radius 3 is 2.44 bits per heavy atom. The van der Waals surface area contributed by atoms with Gasteiger partial charge in [-0.05, 0) is 24.5 Å². The van der Waals surface area contributed by atoms with Crippen LogP contribution in [0.1, 0.15) is 30.6 Å². The van der Waals surface area contributed by atoms with Crippen LogP contribution < -0.4 is 15.2 Å². The van der Waals surface area contributed by atoms with Gasteiger partial charge in [-0.3, -0.25) is 9.59 Å². The summed E-state index contributed by atoms with van der Waals surface area (Å²) in [6.07, 6.45) is 4.45. The highest BCUT2D eigenvalue weighted by atomic mass is 32.1. The number of nitriles is 1. The number of nitrogens with zero attached hydrogens (tertiary/aromatic N) is 3. The maximum atomic E-state index is 12.7. The molecule has 0 aliphatic carbocycles. The molecule has 2 heterocycles. The van der Waals surface area contributed by atoms with E-state index in [1.165, 1.54) is 0 Å². The van der Waals surface area contributed by atoms with E-state index >= 15 is 0 Å². The van der Waals surface area contributed by atoms with E-state index in [2.05, 4.69) is 10.6 Å². The van der Waals surface area contributed by atoms with Crippen LogP contribution in [0.25, 0.3) is 21.8 Å². The lowest BCUT2D eigenvalue weighted by Gasteiger charge is -2.19. The van der Waals surface area contributed by atoms with Crippen LogP contribution in [0.2, 0.25) is 0 Å². The molecule has 0 saturated heterocycles. The second-order valence-corrected chi connectivity index (χ2v) is 8.76. The molecule has 0 bridgehead atoms. The van der Waals surface area contributed by atoms with E-state index in [1.54, 1.807) is 23.5 Å². The Balaban J connectivity index is 1.70. The topological polar surface area (TPSA) is 98.8 Å². The van der Waals surface area contributed by atoms with Crippen LogP contribution in [0.4, 0.5) is 0 Å². The molecule has 2 aromatic heterocycles. The molecule has 8 heteroatoms. The first-order valence-electron chi connectivity index (χ1n) is 10.3. The Kier molecular flexibility index (Phi) is 7.68. The van der Waals surface area contributed by atoms with Crippen molar-refractivity contribution in [1.82, 2.24) is 15.6 Å². The quantitative estimate of drug-likeness (QED) is 0.409. The summed E-state index contributed by atoms with van der Waals surface area (Å²) in [7, 11) is 1.97. The minimum absolute atomic E-state index is 0.0882. The van der Waals surface area contributed by atoms with Gasteiger partial charge in [0.25, 0.3) is 5.91 Å². The summed E-state index contributed by atoms with van der Waals surface area (Å²) < 4.78 is 1.97. The van der Waals surface area contributed by atoms with Gasteiger partial charge in [0.05, 0.1) is 11.8 Å². The van der Waals surface area contributed by atoms with Crippen molar-refractivity contribution in [3.05, 3.63) is 59.7 Å². The van der Waals surface area contributed by atoms with Gasteiger partial charge >= 0.3 is 0 Å². The van der Waals surface area contributed by atoms with Crippen LogP contribution in [-0.2, 0) is 11.8 Å². The number of carbonyl (C=O) groups excluding carboxylic acids is 2. The molecule has 0 radical (unpaired) electrons. The smallest absolute Gasteiger partial charge is 0.251 e. The van der Waals surface area contributed by atoms with E-state index in [0.29, 0.717) is 12.0 Å². The first kappa shape index (κ1) is 23.1. The number of aryl methyl sites for hydroxylation is 1. The van der Waals surface area contributed by atoms with Crippen LogP contribution in [-0.4, -0.2) is 29.4 Å². The summed E-state index contributed by atoms with van der Waals surface area (Å²) in [5.74, 6) is -0.471. The van der Waals surface area contributed by atoms with Crippen molar-refractivity contribution in [2.24, 2.45) is 13.0 Å². The van der Waals surface area contributed by atoms with Crippen molar-refractivity contribution >= 4 is 23.2 Å². The fourth-order valence-corrected chi connectivity index (χ4v) is 4.00. The first-order valence-corrected chi connectivity index (χ1v) is 11.2. The molecule has 3 aromatic rings. The monoisotopic (exact) mass is 448 g/mol. The van der Waals surface area contributed by atoms with E-state index in [0.717, 1.165) is 21.8 Å². The molecule has 3 rings (SSSR count). The van der Waals surface area contributed by atoms with Gasteiger partial charge in [-0.1, -0.05) is 26.0 Å². The Morgan fingerprint density at radius 1 is 1.12 bits per heavy atom. The molecule has 0 aliphatic rings. The number of hydrogen-bond acceptors (Lipinski definition) is 5. The van der Waals surface area contributed by atoms with E-state index in [-0.39, 0.29) is 24.3 Å².